The summed E-state index contributed by atoms with van der Waals surface area (Å²) in [4.78, 5) is 16.0. The topological polar surface area (TPSA) is 77.2 Å². The number of ether oxygens (including phenoxy) is 1. The fraction of sp³-hybridized carbons (Fsp3) is 0.294. The molecule has 2 aromatic rings. The van der Waals surface area contributed by atoms with E-state index in [2.05, 4.69) is 10.3 Å². The highest BCUT2D eigenvalue weighted by Gasteiger charge is 2.17. The highest BCUT2D eigenvalue weighted by molar-refractivity contribution is 5.92. The molecule has 2 unspecified atom stereocenters. The number of aromatic nitrogens is 1. The van der Waals surface area contributed by atoms with Crippen LogP contribution in [-0.2, 0) is 11.4 Å². The van der Waals surface area contributed by atoms with Crippen LogP contribution in [0.4, 0.5) is 10.1 Å². The standard InChI is InChI=1S/C17H20FN3O2/c1-11(12(2)19)17(22)21-13-6-7-16(15(18)9-13)23-10-14-5-3-4-8-20-14/h3-9,11-12H,10,19H2,1-2H3,(H,21,22). The van der Waals surface area contributed by atoms with E-state index in [-0.39, 0.29) is 30.2 Å². The van der Waals surface area contributed by atoms with Gasteiger partial charge in [-0.1, -0.05) is 13.0 Å². The molecular formula is C17H20FN3O2. The van der Waals surface area contributed by atoms with Gasteiger partial charge in [0, 0.05) is 24.0 Å². The van der Waals surface area contributed by atoms with Gasteiger partial charge < -0.3 is 15.8 Å². The SMILES string of the molecule is CC(N)C(C)C(=O)Nc1ccc(OCc2ccccn2)c(F)c1. The zero-order valence-electron chi connectivity index (χ0n) is 13.1. The first-order valence-electron chi connectivity index (χ1n) is 7.36. The molecule has 23 heavy (non-hydrogen) atoms. The first-order chi connectivity index (χ1) is 11.0. The molecule has 2 atom stereocenters. The first kappa shape index (κ1) is 16.9. The molecular weight excluding hydrogens is 297 g/mol. The Bertz CT molecular complexity index is 662. The molecule has 122 valence electrons. The number of nitrogens with two attached hydrogens (primary N) is 1. The Morgan fingerprint density at radius 1 is 1.35 bits per heavy atom. The number of nitrogens with one attached hydrogen (secondary N) is 1. The maximum atomic E-state index is 14.0. The zero-order chi connectivity index (χ0) is 16.8. The number of carbonyl (C=O) groups excluding carboxylic acids is 1. The van der Waals surface area contributed by atoms with Crippen molar-refractivity contribution in [2.75, 3.05) is 5.32 Å². The molecule has 1 amide bonds. The number of hydrogen-bond acceptors (Lipinski definition) is 4. The molecule has 0 saturated heterocycles. The van der Waals surface area contributed by atoms with Crippen molar-refractivity contribution in [2.24, 2.45) is 11.7 Å². The molecule has 0 saturated carbocycles. The van der Waals surface area contributed by atoms with Crippen LogP contribution in [0.25, 0.3) is 0 Å². The molecule has 1 aromatic heterocycles. The summed E-state index contributed by atoms with van der Waals surface area (Å²) < 4.78 is 19.4. The number of amides is 1. The molecule has 0 aliphatic rings. The van der Waals surface area contributed by atoms with Gasteiger partial charge in [0.25, 0.3) is 0 Å². The summed E-state index contributed by atoms with van der Waals surface area (Å²) in [5, 5.41) is 2.64. The van der Waals surface area contributed by atoms with Crippen molar-refractivity contribution in [3.63, 3.8) is 0 Å². The monoisotopic (exact) mass is 317 g/mol. The van der Waals surface area contributed by atoms with E-state index in [1.54, 1.807) is 38.2 Å². The van der Waals surface area contributed by atoms with Gasteiger partial charge in [0.15, 0.2) is 11.6 Å². The minimum atomic E-state index is -0.549. The highest BCUT2D eigenvalue weighted by atomic mass is 19.1. The van der Waals surface area contributed by atoms with Crippen LogP contribution in [0, 0.1) is 11.7 Å². The third-order valence-corrected chi connectivity index (χ3v) is 3.50. The lowest BCUT2D eigenvalue weighted by molar-refractivity contribution is -0.119. The number of nitrogens with zero attached hydrogens (tertiary/aromatic N) is 1. The fourth-order valence-electron chi connectivity index (χ4n) is 1.83. The summed E-state index contributed by atoms with van der Waals surface area (Å²) in [6, 6.07) is 9.43. The van der Waals surface area contributed by atoms with Crippen molar-refractivity contribution in [1.82, 2.24) is 4.98 Å². The highest BCUT2D eigenvalue weighted by Crippen LogP contribution is 2.22. The van der Waals surface area contributed by atoms with Crippen LogP contribution in [0.2, 0.25) is 0 Å². The summed E-state index contributed by atoms with van der Waals surface area (Å²) in [6.07, 6.45) is 1.65. The summed E-state index contributed by atoms with van der Waals surface area (Å²) in [5.74, 6) is -1.05. The molecule has 5 nitrogen and oxygen atoms in total. The van der Waals surface area contributed by atoms with E-state index in [4.69, 9.17) is 10.5 Å². The van der Waals surface area contributed by atoms with Crippen molar-refractivity contribution in [2.45, 2.75) is 26.5 Å². The number of rotatable bonds is 6. The quantitative estimate of drug-likeness (QED) is 0.859. The fourth-order valence-corrected chi connectivity index (χ4v) is 1.83. The average molecular weight is 317 g/mol. The number of benzene rings is 1. The molecule has 0 aliphatic carbocycles. The smallest absolute Gasteiger partial charge is 0.228 e. The predicted molar refractivity (Wildman–Crippen MR) is 86.4 cm³/mol. The average Bonchev–Trinajstić information content (AvgIpc) is 2.54. The van der Waals surface area contributed by atoms with E-state index in [9.17, 15) is 9.18 Å². The van der Waals surface area contributed by atoms with Gasteiger partial charge in [0.1, 0.15) is 6.61 Å². The summed E-state index contributed by atoms with van der Waals surface area (Å²) >= 11 is 0. The van der Waals surface area contributed by atoms with Crippen LogP contribution < -0.4 is 15.8 Å². The summed E-state index contributed by atoms with van der Waals surface area (Å²) in [7, 11) is 0. The van der Waals surface area contributed by atoms with Crippen LogP contribution in [0.15, 0.2) is 42.6 Å². The van der Waals surface area contributed by atoms with Gasteiger partial charge in [-0.3, -0.25) is 9.78 Å². The summed E-state index contributed by atoms with van der Waals surface area (Å²) in [6.45, 7) is 3.64. The van der Waals surface area contributed by atoms with Gasteiger partial charge >= 0.3 is 0 Å². The third-order valence-electron chi connectivity index (χ3n) is 3.50. The van der Waals surface area contributed by atoms with E-state index < -0.39 is 5.82 Å². The van der Waals surface area contributed by atoms with Crippen LogP contribution in [0.5, 0.6) is 5.75 Å². The van der Waals surface area contributed by atoms with E-state index in [1.165, 1.54) is 12.1 Å². The minimum Gasteiger partial charge on any atom is -0.484 e. The molecule has 0 fully saturated rings. The van der Waals surface area contributed by atoms with Crippen LogP contribution >= 0.6 is 0 Å². The maximum absolute atomic E-state index is 14.0. The van der Waals surface area contributed by atoms with Crippen molar-refractivity contribution in [3.8, 4) is 5.75 Å². The van der Waals surface area contributed by atoms with Crippen LogP contribution in [0.1, 0.15) is 19.5 Å². The van der Waals surface area contributed by atoms with Crippen molar-refractivity contribution in [3.05, 3.63) is 54.1 Å². The second-order valence-corrected chi connectivity index (χ2v) is 5.39. The van der Waals surface area contributed by atoms with E-state index in [0.717, 1.165) is 0 Å². The number of halogens is 1. The Hall–Kier alpha value is -2.47. The Labute approximate surface area is 134 Å². The Morgan fingerprint density at radius 3 is 2.74 bits per heavy atom. The first-order valence-corrected chi connectivity index (χ1v) is 7.36. The maximum Gasteiger partial charge on any atom is 0.228 e. The molecule has 3 N–H and O–H groups in total. The molecule has 1 aromatic carbocycles. The van der Waals surface area contributed by atoms with Gasteiger partial charge in [0.05, 0.1) is 11.6 Å². The van der Waals surface area contributed by atoms with Gasteiger partial charge in [0.2, 0.25) is 5.91 Å². The largest absolute Gasteiger partial charge is 0.484 e. The van der Waals surface area contributed by atoms with Crippen LogP contribution in [0.3, 0.4) is 0 Å². The Kier molecular flexibility index (Phi) is 5.65. The van der Waals surface area contributed by atoms with Gasteiger partial charge in [-0.15, -0.1) is 0 Å². The third kappa shape index (κ3) is 4.75. The Morgan fingerprint density at radius 2 is 2.13 bits per heavy atom. The van der Waals surface area contributed by atoms with E-state index >= 15 is 0 Å². The predicted octanol–water partition coefficient (Wildman–Crippen LogP) is 2.72. The lowest BCUT2D eigenvalue weighted by atomic mass is 10.0. The Balaban J connectivity index is 1.99. The minimum absolute atomic E-state index is 0.105. The summed E-state index contributed by atoms with van der Waals surface area (Å²) in [5.41, 5.74) is 6.75. The van der Waals surface area contributed by atoms with Crippen molar-refractivity contribution >= 4 is 11.6 Å². The lowest BCUT2D eigenvalue weighted by Crippen LogP contribution is -2.34. The molecule has 0 aliphatic heterocycles. The van der Waals surface area contributed by atoms with Crippen molar-refractivity contribution < 1.29 is 13.9 Å². The molecule has 0 bridgehead atoms. The zero-order valence-corrected chi connectivity index (χ0v) is 13.1. The van der Waals surface area contributed by atoms with Gasteiger partial charge in [-0.2, -0.15) is 0 Å². The number of pyridine rings is 1. The van der Waals surface area contributed by atoms with Gasteiger partial charge in [-0.05, 0) is 31.2 Å². The number of anilines is 1. The van der Waals surface area contributed by atoms with Gasteiger partial charge in [-0.25, -0.2) is 4.39 Å². The molecule has 1 heterocycles. The number of hydrogen-bond donors (Lipinski definition) is 2. The van der Waals surface area contributed by atoms with Crippen molar-refractivity contribution in [1.29, 1.82) is 0 Å². The molecule has 0 spiro atoms. The second kappa shape index (κ2) is 7.69. The van der Waals surface area contributed by atoms with Crippen LogP contribution in [-0.4, -0.2) is 16.9 Å². The lowest BCUT2D eigenvalue weighted by Gasteiger charge is -2.15. The molecule has 0 radical (unpaired) electrons. The normalized spacial score (nSPS) is 13.2. The van der Waals surface area contributed by atoms with E-state index in [1.807, 2.05) is 6.07 Å². The second-order valence-electron chi connectivity index (χ2n) is 5.39. The number of carbonyl (C=O) groups is 1. The molecule has 6 heteroatoms. The van der Waals surface area contributed by atoms with E-state index in [0.29, 0.717) is 11.4 Å². The molecule has 2 rings (SSSR count).